The van der Waals surface area contributed by atoms with Crippen molar-refractivity contribution in [3.63, 3.8) is 0 Å². The van der Waals surface area contributed by atoms with Crippen LogP contribution in [-0.4, -0.2) is 39.6 Å². The molecule has 0 spiro atoms. The molecule has 0 aliphatic heterocycles. The van der Waals surface area contributed by atoms with Gasteiger partial charge < -0.3 is 10.1 Å². The van der Waals surface area contributed by atoms with Gasteiger partial charge in [0.2, 0.25) is 0 Å². The van der Waals surface area contributed by atoms with E-state index in [4.69, 9.17) is 4.74 Å². The van der Waals surface area contributed by atoms with Gasteiger partial charge in [-0.2, -0.15) is 5.10 Å². The molecule has 2 N–H and O–H groups in total. The summed E-state index contributed by atoms with van der Waals surface area (Å²) in [5, 5.41) is 6.90. The molecule has 0 radical (unpaired) electrons. The third kappa shape index (κ3) is 8.30. The number of rotatable bonds is 12. The second kappa shape index (κ2) is 14.3. The van der Waals surface area contributed by atoms with Crippen molar-refractivity contribution in [3.8, 4) is 5.75 Å². The number of nitrogens with one attached hydrogen (secondary N) is 2. The average molecular weight is 599 g/mol. The summed E-state index contributed by atoms with van der Waals surface area (Å²) in [6.45, 7) is 5.01. The first-order valence-electron chi connectivity index (χ1n) is 13.7. The Balaban J connectivity index is 1.34. The molecule has 0 aliphatic carbocycles. The normalized spacial score (nSPS) is 12.0. The minimum absolute atomic E-state index is 0.0812. The summed E-state index contributed by atoms with van der Waals surface area (Å²) in [6.07, 6.45) is 1.43. The molecule has 0 saturated heterocycles. The summed E-state index contributed by atoms with van der Waals surface area (Å²) >= 11 is 0. The first-order chi connectivity index (χ1) is 20.6. The number of carbonyl (C=O) groups is 2. The molecule has 9 nitrogen and oxygen atoms in total. The Morgan fingerprint density at radius 3 is 2.19 bits per heavy atom. The number of amides is 2. The monoisotopic (exact) mass is 598 g/mol. The maximum atomic E-state index is 13.5. The highest BCUT2D eigenvalue weighted by Crippen LogP contribution is 2.28. The lowest BCUT2D eigenvalue weighted by molar-refractivity contribution is -0.123. The maximum absolute atomic E-state index is 13.5. The molecule has 10 heteroatoms. The molecule has 0 aromatic heterocycles. The first-order valence-corrected chi connectivity index (χ1v) is 15.1. The Morgan fingerprint density at radius 2 is 1.51 bits per heavy atom. The molecule has 0 heterocycles. The standard InChI is InChI=1S/C33H34N4O5S/c1-24-11-10-16-31(25(24)2)37(43(40,41)30-14-8-5-9-15-30)22-32(38)36-34-21-27-17-19-29(20-18-27)42-23-33(39)35-26(3)28-12-6-4-7-13-28/h4-21,26H,22-23H2,1-3H3,(H,35,39)(H,36,38)/t26-/m0/s1. The number of sulfonamides is 1. The van der Waals surface area contributed by atoms with Gasteiger partial charge in [0.25, 0.3) is 21.8 Å². The Kier molecular flexibility index (Phi) is 10.3. The molecule has 4 aromatic carbocycles. The van der Waals surface area contributed by atoms with E-state index in [1.165, 1.54) is 18.3 Å². The molecule has 0 unspecified atom stereocenters. The van der Waals surface area contributed by atoms with Crippen LogP contribution in [0.1, 0.15) is 35.2 Å². The number of hydrogen-bond acceptors (Lipinski definition) is 6. The number of ether oxygens (including phenoxy) is 1. The van der Waals surface area contributed by atoms with Gasteiger partial charge in [0.1, 0.15) is 12.3 Å². The average Bonchev–Trinajstić information content (AvgIpc) is 3.02. The predicted octanol–water partition coefficient (Wildman–Crippen LogP) is 4.91. The van der Waals surface area contributed by atoms with Crippen molar-refractivity contribution in [2.75, 3.05) is 17.5 Å². The van der Waals surface area contributed by atoms with Gasteiger partial charge in [0, 0.05) is 0 Å². The van der Waals surface area contributed by atoms with E-state index >= 15 is 0 Å². The smallest absolute Gasteiger partial charge is 0.264 e. The third-order valence-electron chi connectivity index (χ3n) is 6.79. The second-order valence-electron chi connectivity index (χ2n) is 9.89. The van der Waals surface area contributed by atoms with Crippen LogP contribution >= 0.6 is 0 Å². The van der Waals surface area contributed by atoms with E-state index in [0.29, 0.717) is 17.0 Å². The maximum Gasteiger partial charge on any atom is 0.264 e. The Hall–Kier alpha value is -4.96. The zero-order valence-corrected chi connectivity index (χ0v) is 25.0. The van der Waals surface area contributed by atoms with Crippen LogP contribution in [0.25, 0.3) is 0 Å². The van der Waals surface area contributed by atoms with Gasteiger partial charge in [-0.1, -0.05) is 60.7 Å². The van der Waals surface area contributed by atoms with Crippen LogP contribution in [0.5, 0.6) is 5.75 Å². The van der Waals surface area contributed by atoms with Gasteiger partial charge in [-0.15, -0.1) is 0 Å². The zero-order valence-electron chi connectivity index (χ0n) is 24.2. The molecule has 222 valence electrons. The fourth-order valence-corrected chi connectivity index (χ4v) is 5.78. The van der Waals surface area contributed by atoms with Crippen molar-refractivity contribution >= 4 is 33.7 Å². The molecule has 0 aliphatic rings. The van der Waals surface area contributed by atoms with Crippen LogP contribution in [0.4, 0.5) is 5.69 Å². The summed E-state index contributed by atoms with van der Waals surface area (Å²) < 4.78 is 33.8. The molecule has 4 rings (SSSR count). The van der Waals surface area contributed by atoms with Crippen molar-refractivity contribution in [1.29, 1.82) is 0 Å². The van der Waals surface area contributed by atoms with Crippen molar-refractivity contribution in [2.45, 2.75) is 31.7 Å². The van der Waals surface area contributed by atoms with Gasteiger partial charge >= 0.3 is 0 Å². The lowest BCUT2D eigenvalue weighted by Gasteiger charge is -2.26. The fraction of sp³-hybridized carbons (Fsp3) is 0.182. The molecular weight excluding hydrogens is 564 g/mol. The van der Waals surface area contributed by atoms with Gasteiger partial charge in [-0.25, -0.2) is 13.8 Å². The number of aryl methyl sites for hydroxylation is 1. The van der Waals surface area contributed by atoms with Crippen molar-refractivity contribution in [2.24, 2.45) is 5.10 Å². The van der Waals surface area contributed by atoms with Crippen LogP contribution in [0.3, 0.4) is 0 Å². The quantitative estimate of drug-likeness (QED) is 0.178. The predicted molar refractivity (Wildman–Crippen MR) is 168 cm³/mol. The number of carbonyl (C=O) groups excluding carboxylic acids is 2. The van der Waals surface area contributed by atoms with Gasteiger partial charge in [0.15, 0.2) is 6.61 Å². The topological polar surface area (TPSA) is 117 Å². The number of nitrogens with zero attached hydrogens (tertiary/aromatic N) is 2. The van der Waals surface area contributed by atoms with Crippen LogP contribution in [0.2, 0.25) is 0 Å². The van der Waals surface area contributed by atoms with Gasteiger partial charge in [-0.05, 0) is 85.5 Å². The van der Waals surface area contributed by atoms with Gasteiger partial charge in [0.05, 0.1) is 22.8 Å². The van der Waals surface area contributed by atoms with Crippen LogP contribution in [-0.2, 0) is 19.6 Å². The summed E-state index contributed by atoms with van der Waals surface area (Å²) in [5.74, 6) is -0.347. The molecule has 2 amide bonds. The largest absolute Gasteiger partial charge is 0.484 e. The van der Waals surface area contributed by atoms with E-state index in [1.807, 2.05) is 57.2 Å². The molecule has 4 aromatic rings. The Bertz CT molecular complexity index is 1680. The highest BCUT2D eigenvalue weighted by atomic mass is 32.2. The minimum atomic E-state index is -4.02. The zero-order chi connectivity index (χ0) is 30.8. The SMILES string of the molecule is Cc1cccc(N(CC(=O)NN=Cc2ccc(OCC(=O)N[C@@H](C)c3ccccc3)cc2)S(=O)(=O)c2ccccc2)c1C. The van der Waals surface area contributed by atoms with E-state index in [0.717, 1.165) is 21.0 Å². The van der Waals surface area contributed by atoms with Crippen LogP contribution in [0, 0.1) is 13.8 Å². The number of anilines is 1. The Labute approximate surface area is 252 Å². The van der Waals surface area contributed by atoms with Crippen molar-refractivity contribution in [3.05, 3.63) is 125 Å². The van der Waals surface area contributed by atoms with Crippen molar-refractivity contribution in [1.82, 2.24) is 10.7 Å². The Morgan fingerprint density at radius 1 is 0.860 bits per heavy atom. The van der Waals surface area contributed by atoms with Gasteiger partial charge in [-0.3, -0.25) is 13.9 Å². The fourth-order valence-electron chi connectivity index (χ4n) is 4.28. The first kappa shape index (κ1) is 31.0. The highest BCUT2D eigenvalue weighted by Gasteiger charge is 2.28. The number of hydrogen-bond donors (Lipinski definition) is 2. The minimum Gasteiger partial charge on any atom is -0.484 e. The third-order valence-corrected chi connectivity index (χ3v) is 8.57. The van der Waals surface area contributed by atoms with Crippen LogP contribution < -0.4 is 19.8 Å². The molecule has 0 bridgehead atoms. The number of hydrazone groups is 1. The second-order valence-corrected chi connectivity index (χ2v) is 11.8. The number of benzene rings is 4. The summed E-state index contributed by atoms with van der Waals surface area (Å²) in [4.78, 5) is 25.2. The summed E-state index contributed by atoms with van der Waals surface area (Å²) in [5.41, 5.74) is 6.16. The molecule has 1 atom stereocenters. The lowest BCUT2D eigenvalue weighted by Crippen LogP contribution is -2.40. The lowest BCUT2D eigenvalue weighted by atomic mass is 10.1. The van der Waals surface area contributed by atoms with E-state index in [9.17, 15) is 18.0 Å². The highest BCUT2D eigenvalue weighted by molar-refractivity contribution is 7.92. The van der Waals surface area contributed by atoms with E-state index in [1.54, 1.807) is 54.6 Å². The van der Waals surface area contributed by atoms with Crippen molar-refractivity contribution < 1.29 is 22.7 Å². The molecule has 0 saturated carbocycles. The summed E-state index contributed by atoms with van der Waals surface area (Å²) in [6, 6.07) is 29.6. The van der Waals surface area contributed by atoms with E-state index in [-0.39, 0.29) is 23.5 Å². The van der Waals surface area contributed by atoms with E-state index < -0.39 is 22.5 Å². The molecule has 43 heavy (non-hydrogen) atoms. The summed E-state index contributed by atoms with van der Waals surface area (Å²) in [7, 11) is -4.02. The molecular formula is C33H34N4O5S. The molecule has 0 fully saturated rings. The van der Waals surface area contributed by atoms with E-state index in [2.05, 4.69) is 15.8 Å². The van der Waals surface area contributed by atoms with Crippen LogP contribution in [0.15, 0.2) is 113 Å².